The van der Waals surface area contributed by atoms with Crippen molar-refractivity contribution in [3.8, 4) is 11.3 Å². The first-order valence-electron chi connectivity index (χ1n) is 10.9. The molecule has 1 atom stereocenters. The summed E-state index contributed by atoms with van der Waals surface area (Å²) in [6.45, 7) is 3.50. The van der Waals surface area contributed by atoms with Crippen LogP contribution in [0.4, 0.5) is 0 Å². The molecule has 180 valence electrons. The van der Waals surface area contributed by atoms with Crippen LogP contribution in [0.15, 0.2) is 58.4 Å². The van der Waals surface area contributed by atoms with E-state index in [0.29, 0.717) is 40.1 Å². The maximum absolute atomic E-state index is 12.4. The summed E-state index contributed by atoms with van der Waals surface area (Å²) in [4.78, 5) is 21.8. The summed E-state index contributed by atoms with van der Waals surface area (Å²) in [5.41, 5.74) is 3.27. The molecule has 3 aromatic rings. The van der Waals surface area contributed by atoms with E-state index in [2.05, 4.69) is 13.6 Å². The van der Waals surface area contributed by atoms with Crippen LogP contribution >= 0.6 is 0 Å². The number of pyridine rings is 1. The van der Waals surface area contributed by atoms with Crippen molar-refractivity contribution in [1.29, 1.82) is 0 Å². The van der Waals surface area contributed by atoms with Gasteiger partial charge in [0.25, 0.3) is 10.0 Å². The van der Waals surface area contributed by atoms with E-state index in [0.717, 1.165) is 38.0 Å². The van der Waals surface area contributed by atoms with Gasteiger partial charge in [0.2, 0.25) is 0 Å². The molecule has 34 heavy (non-hydrogen) atoms. The van der Waals surface area contributed by atoms with Crippen LogP contribution in [0.2, 0.25) is 0 Å². The fourth-order valence-electron chi connectivity index (χ4n) is 4.30. The van der Waals surface area contributed by atoms with Crippen molar-refractivity contribution < 1.29 is 18.3 Å². The fraction of sp³-hybridized carbons (Fsp3) is 0.333. The maximum atomic E-state index is 12.4. The molecule has 0 amide bonds. The van der Waals surface area contributed by atoms with Gasteiger partial charge >= 0.3 is 5.97 Å². The third kappa shape index (κ3) is 5.87. The summed E-state index contributed by atoms with van der Waals surface area (Å²) in [5.74, 6) is -0.351. The van der Waals surface area contributed by atoms with Gasteiger partial charge in [0.1, 0.15) is 0 Å². The van der Waals surface area contributed by atoms with E-state index in [4.69, 9.17) is 4.98 Å². The minimum absolute atomic E-state index is 0.300. The lowest BCUT2D eigenvalue weighted by atomic mass is 9.96. The molecule has 1 aliphatic heterocycles. The van der Waals surface area contributed by atoms with E-state index in [1.807, 2.05) is 60.9 Å². The van der Waals surface area contributed by atoms with Crippen LogP contribution < -0.4 is 0 Å². The molecule has 0 saturated carbocycles. The van der Waals surface area contributed by atoms with Crippen LogP contribution in [0.25, 0.3) is 22.2 Å². The third-order valence-corrected chi connectivity index (χ3v) is 8.57. The molecular formula is C24H28N4O4S2. The minimum atomic E-state index is -3.35. The average molecular weight is 501 g/mol. The molecule has 1 unspecified atom stereocenters. The third-order valence-electron chi connectivity index (χ3n) is 5.73. The number of hydrogen-bond donors (Lipinski definition) is 1. The smallest absolute Gasteiger partial charge is 0.336 e. The van der Waals surface area contributed by atoms with Crippen molar-refractivity contribution >= 4 is 37.6 Å². The Kier molecular flexibility index (Phi) is 7.42. The molecule has 0 bridgehead atoms. The zero-order valence-corrected chi connectivity index (χ0v) is 20.8. The van der Waals surface area contributed by atoms with E-state index in [1.165, 1.54) is 0 Å². The van der Waals surface area contributed by atoms with Gasteiger partial charge in [0.05, 0.1) is 28.9 Å². The molecule has 0 aliphatic carbocycles. The first-order chi connectivity index (χ1) is 16.2. The van der Waals surface area contributed by atoms with Gasteiger partial charge in [-0.1, -0.05) is 59.2 Å². The first kappa shape index (κ1) is 24.5. The number of piperazine rings is 1. The highest BCUT2D eigenvalue weighted by Gasteiger charge is 2.25. The number of carboxylic acid groups (broad SMARTS) is 1. The van der Waals surface area contributed by atoms with Crippen LogP contribution in [0.1, 0.15) is 15.9 Å². The zero-order chi connectivity index (χ0) is 24.3. The number of carboxylic acids is 1. The second-order valence-corrected chi connectivity index (χ2v) is 12.0. The first-order valence-corrected chi connectivity index (χ1v) is 14.5. The number of nitrogens with zero attached hydrogens (tertiary/aromatic N) is 4. The predicted molar refractivity (Wildman–Crippen MR) is 136 cm³/mol. The number of rotatable bonds is 7. The Morgan fingerprint density at radius 1 is 1.03 bits per heavy atom. The van der Waals surface area contributed by atoms with Gasteiger partial charge in [-0.05, 0) is 12.3 Å². The minimum Gasteiger partial charge on any atom is -0.478 e. The van der Waals surface area contributed by atoms with Gasteiger partial charge < -0.3 is 5.11 Å². The molecule has 2 aromatic carbocycles. The molecule has 10 heteroatoms. The fourth-order valence-corrected chi connectivity index (χ4v) is 7.13. The molecule has 4 rings (SSSR count). The number of fused-ring (bicyclic) bond motifs is 1. The van der Waals surface area contributed by atoms with Gasteiger partial charge in [-0.2, -0.15) is 0 Å². The van der Waals surface area contributed by atoms with Crippen LogP contribution in [0, 0.1) is 0 Å². The van der Waals surface area contributed by atoms with Crippen molar-refractivity contribution in [2.75, 3.05) is 44.6 Å². The summed E-state index contributed by atoms with van der Waals surface area (Å²) in [7, 11) is -3.93. The van der Waals surface area contributed by atoms with E-state index >= 15 is 0 Å². The SMILES string of the molecule is C/S(CN1CCN(Cc2c(-c3ccccc3)nc3ccccc3c2C(=O)O)CC1)=N/S(C)(=O)=O. The summed E-state index contributed by atoms with van der Waals surface area (Å²) >= 11 is 0. The Labute approximate surface area is 202 Å². The topological polar surface area (TPSA) is 103 Å². The molecule has 8 nitrogen and oxygen atoms in total. The van der Waals surface area contributed by atoms with Crippen LogP contribution in [0.5, 0.6) is 0 Å². The number of hydrogen-bond acceptors (Lipinski definition) is 6. The normalized spacial score (nSPS) is 16.6. The Hall–Kier alpha value is -2.66. The van der Waals surface area contributed by atoms with Crippen LogP contribution in [-0.2, 0) is 27.3 Å². The second-order valence-electron chi connectivity index (χ2n) is 8.43. The molecule has 0 radical (unpaired) electrons. The lowest BCUT2D eigenvalue weighted by Crippen LogP contribution is -2.46. The number of carbonyl (C=O) groups is 1. The zero-order valence-electron chi connectivity index (χ0n) is 19.2. The van der Waals surface area contributed by atoms with Crippen LogP contribution in [0.3, 0.4) is 0 Å². The highest BCUT2D eigenvalue weighted by molar-refractivity contribution is 7.99. The van der Waals surface area contributed by atoms with Gasteiger partial charge in [-0.3, -0.25) is 9.80 Å². The van der Waals surface area contributed by atoms with E-state index in [9.17, 15) is 18.3 Å². The molecule has 1 aromatic heterocycles. The largest absolute Gasteiger partial charge is 0.478 e. The summed E-state index contributed by atoms with van der Waals surface area (Å²) in [6, 6.07) is 17.1. The summed E-state index contributed by atoms with van der Waals surface area (Å²) in [5, 5.41) is 10.8. The van der Waals surface area contributed by atoms with Gasteiger partial charge in [-0.25, -0.2) is 18.2 Å². The molecule has 1 aliphatic rings. The van der Waals surface area contributed by atoms with Crippen molar-refractivity contribution in [3.63, 3.8) is 0 Å². The monoisotopic (exact) mass is 500 g/mol. The Morgan fingerprint density at radius 2 is 1.65 bits per heavy atom. The van der Waals surface area contributed by atoms with Crippen LogP contribution in [-0.4, -0.2) is 78.8 Å². The van der Waals surface area contributed by atoms with Crippen molar-refractivity contribution in [1.82, 2.24) is 14.8 Å². The molecule has 2 heterocycles. The quantitative estimate of drug-likeness (QED) is 0.532. The standard InChI is InChI=1S/C24H28N4O4S2/c1-33(26-34(2,31)32)17-28-14-12-27(13-15-28)16-20-22(24(29)30)19-10-6-7-11-21(19)25-23(20)18-8-4-3-5-9-18/h3-11H,12-17H2,1-2H3,(H,29,30). The number of aromatic nitrogens is 1. The van der Waals surface area contributed by atoms with Gasteiger partial charge in [0, 0.05) is 49.2 Å². The number of sulfonamides is 1. The molecule has 1 fully saturated rings. The Morgan fingerprint density at radius 3 is 2.29 bits per heavy atom. The van der Waals surface area contributed by atoms with E-state index in [1.54, 1.807) is 0 Å². The van der Waals surface area contributed by atoms with Crippen molar-refractivity contribution in [2.24, 2.45) is 3.77 Å². The molecule has 1 N–H and O–H groups in total. The average Bonchev–Trinajstić information content (AvgIpc) is 2.79. The van der Waals surface area contributed by atoms with E-state index < -0.39 is 26.7 Å². The number of benzene rings is 2. The highest BCUT2D eigenvalue weighted by atomic mass is 32.3. The van der Waals surface area contributed by atoms with Gasteiger partial charge in [0.15, 0.2) is 0 Å². The highest BCUT2D eigenvalue weighted by Crippen LogP contribution is 2.31. The maximum Gasteiger partial charge on any atom is 0.336 e. The molecule has 0 spiro atoms. The lowest BCUT2D eigenvalue weighted by molar-refractivity contribution is 0.0695. The Bertz CT molecular complexity index is 1340. The van der Waals surface area contributed by atoms with Gasteiger partial charge in [-0.15, -0.1) is 3.77 Å². The summed E-state index contributed by atoms with van der Waals surface area (Å²) in [6.07, 6.45) is 2.95. The Balaban J connectivity index is 1.63. The summed E-state index contributed by atoms with van der Waals surface area (Å²) < 4.78 is 26.7. The van der Waals surface area contributed by atoms with E-state index in [-0.39, 0.29) is 0 Å². The predicted octanol–water partition coefficient (Wildman–Crippen LogP) is 3.07. The number of para-hydroxylation sites is 1. The molecule has 1 saturated heterocycles. The second kappa shape index (κ2) is 10.3. The number of aromatic carboxylic acids is 1. The molecular weight excluding hydrogens is 472 g/mol. The lowest BCUT2D eigenvalue weighted by Gasteiger charge is -2.35. The van der Waals surface area contributed by atoms with Crippen molar-refractivity contribution in [2.45, 2.75) is 6.54 Å². The van der Waals surface area contributed by atoms with Crippen molar-refractivity contribution in [3.05, 3.63) is 65.7 Å².